The molecule has 0 aromatic heterocycles. The summed E-state index contributed by atoms with van der Waals surface area (Å²) in [4.78, 5) is 11.9. The Labute approximate surface area is 115 Å². The van der Waals surface area contributed by atoms with E-state index in [4.69, 9.17) is 4.74 Å². The van der Waals surface area contributed by atoms with Crippen molar-refractivity contribution < 1.29 is 13.7 Å². The number of nitrogens with zero attached hydrogens (tertiary/aromatic N) is 1. The number of ether oxygens (including phenoxy) is 1. The van der Waals surface area contributed by atoms with E-state index in [-0.39, 0.29) is 12.1 Å². The number of carbonyl (C=O) groups is 1. The Balaban J connectivity index is 1.74. The van der Waals surface area contributed by atoms with Crippen molar-refractivity contribution >= 4 is 17.1 Å². The molecule has 1 saturated carbocycles. The molecule has 1 heterocycles. The van der Waals surface area contributed by atoms with Gasteiger partial charge in [-0.1, -0.05) is 36.8 Å². The highest BCUT2D eigenvalue weighted by Gasteiger charge is 2.45. The first-order valence-corrected chi connectivity index (χ1v) is 7.95. The van der Waals surface area contributed by atoms with Crippen molar-refractivity contribution in [1.29, 1.82) is 0 Å². The zero-order valence-electron chi connectivity index (χ0n) is 10.7. The maximum atomic E-state index is 12.4. The van der Waals surface area contributed by atoms with Crippen LogP contribution in [-0.4, -0.2) is 26.8 Å². The third-order valence-electron chi connectivity index (χ3n) is 3.75. The lowest BCUT2D eigenvalue weighted by molar-refractivity contribution is 0.113. The summed E-state index contributed by atoms with van der Waals surface area (Å²) in [6, 6.07) is 9.62. The number of hydrogen-bond donors (Lipinski definition) is 0. The maximum Gasteiger partial charge on any atom is 0.422 e. The van der Waals surface area contributed by atoms with Gasteiger partial charge in [-0.15, -0.1) is 0 Å². The van der Waals surface area contributed by atoms with E-state index in [0.717, 1.165) is 31.2 Å². The van der Waals surface area contributed by atoms with Gasteiger partial charge in [0, 0.05) is 0 Å². The molecule has 3 atom stereocenters. The first-order valence-electron chi connectivity index (χ1n) is 6.68. The summed E-state index contributed by atoms with van der Waals surface area (Å²) in [7, 11) is -1.34. The van der Waals surface area contributed by atoms with E-state index in [1.807, 2.05) is 30.3 Å². The summed E-state index contributed by atoms with van der Waals surface area (Å²) >= 11 is 0. The fraction of sp³-hybridized carbons (Fsp3) is 0.500. The first-order chi connectivity index (χ1) is 9.25. The zero-order valence-corrected chi connectivity index (χ0v) is 11.5. The number of fused-ring (bicyclic) bond motifs is 1. The Morgan fingerprint density at radius 1 is 1.21 bits per heavy atom. The van der Waals surface area contributed by atoms with Gasteiger partial charge in [-0.3, -0.25) is 0 Å². The van der Waals surface area contributed by atoms with E-state index in [1.54, 1.807) is 0 Å². The first kappa shape index (κ1) is 12.7. The molecule has 0 N–H and O–H groups in total. The molecule has 1 aliphatic heterocycles. The van der Waals surface area contributed by atoms with Crippen LogP contribution in [0.5, 0.6) is 0 Å². The van der Waals surface area contributed by atoms with Crippen LogP contribution in [0.1, 0.15) is 31.2 Å². The average Bonchev–Trinajstić information content (AvgIpc) is 2.75. The van der Waals surface area contributed by atoms with Crippen molar-refractivity contribution in [3.05, 3.63) is 35.9 Å². The van der Waals surface area contributed by atoms with Crippen LogP contribution in [-0.2, 0) is 21.5 Å². The molecule has 0 spiro atoms. The second-order valence-corrected chi connectivity index (χ2v) is 6.38. The number of amides is 1. The lowest BCUT2D eigenvalue weighted by Gasteiger charge is -2.26. The van der Waals surface area contributed by atoms with Gasteiger partial charge in [0.1, 0.15) is 17.1 Å². The fourth-order valence-corrected chi connectivity index (χ4v) is 4.19. The molecule has 2 aliphatic rings. The van der Waals surface area contributed by atoms with Crippen LogP contribution in [0.2, 0.25) is 0 Å². The molecule has 1 aromatic rings. The minimum absolute atomic E-state index is 0.00537. The summed E-state index contributed by atoms with van der Waals surface area (Å²) in [6.45, 7) is 0. The standard InChI is InChI=1S/C14H17NO3S/c16-14-15(12-8-4-5-9-13(12)18-14)19(17)10-11-6-2-1-3-7-11/h1-3,6-7,12-13H,4-5,8-10H2/t12-,13-,19?/m1/s1. The topological polar surface area (TPSA) is 46.6 Å². The largest absolute Gasteiger partial charge is 0.443 e. The van der Waals surface area contributed by atoms with Gasteiger partial charge in [-0.05, 0) is 24.8 Å². The highest BCUT2D eigenvalue weighted by Crippen LogP contribution is 2.33. The number of benzene rings is 1. The summed E-state index contributed by atoms with van der Waals surface area (Å²) in [5, 5.41) is 0. The van der Waals surface area contributed by atoms with E-state index in [0.29, 0.717) is 5.75 Å². The van der Waals surface area contributed by atoms with Crippen LogP contribution in [0.3, 0.4) is 0 Å². The molecule has 19 heavy (non-hydrogen) atoms. The van der Waals surface area contributed by atoms with Gasteiger partial charge in [0.15, 0.2) is 0 Å². The minimum atomic E-state index is -1.34. The molecule has 102 valence electrons. The predicted octanol–water partition coefficient (Wildman–Crippen LogP) is 2.61. The summed E-state index contributed by atoms with van der Waals surface area (Å²) in [5.41, 5.74) is 0.980. The molecule has 1 saturated heterocycles. The molecule has 1 aliphatic carbocycles. The zero-order chi connectivity index (χ0) is 13.2. The third-order valence-corrected chi connectivity index (χ3v) is 5.19. The van der Waals surface area contributed by atoms with Gasteiger partial charge in [-0.2, -0.15) is 0 Å². The average molecular weight is 279 g/mol. The Kier molecular flexibility index (Phi) is 3.55. The van der Waals surface area contributed by atoms with Crippen LogP contribution < -0.4 is 0 Å². The summed E-state index contributed by atoms with van der Waals surface area (Å²) in [6.07, 6.45) is 3.50. The van der Waals surface area contributed by atoms with E-state index >= 15 is 0 Å². The van der Waals surface area contributed by atoms with Crippen LogP contribution in [0.25, 0.3) is 0 Å². The van der Waals surface area contributed by atoms with Gasteiger partial charge in [0.25, 0.3) is 0 Å². The van der Waals surface area contributed by atoms with Crippen molar-refractivity contribution in [3.8, 4) is 0 Å². The van der Waals surface area contributed by atoms with Crippen molar-refractivity contribution in [2.45, 2.75) is 43.6 Å². The molecule has 4 nitrogen and oxygen atoms in total. The second-order valence-electron chi connectivity index (χ2n) is 5.05. The maximum absolute atomic E-state index is 12.4. The Bertz CT molecular complexity index is 491. The number of carbonyl (C=O) groups excluding carboxylic acids is 1. The molecular formula is C14H17NO3S. The minimum Gasteiger partial charge on any atom is -0.443 e. The van der Waals surface area contributed by atoms with Crippen molar-refractivity contribution in [2.24, 2.45) is 0 Å². The van der Waals surface area contributed by atoms with Crippen molar-refractivity contribution in [2.75, 3.05) is 0 Å². The number of hydrogen-bond acceptors (Lipinski definition) is 3. The van der Waals surface area contributed by atoms with Gasteiger partial charge in [-0.25, -0.2) is 13.3 Å². The molecule has 1 aromatic carbocycles. The molecule has 0 bridgehead atoms. The van der Waals surface area contributed by atoms with E-state index in [1.165, 1.54) is 4.31 Å². The third kappa shape index (κ3) is 2.52. The smallest absolute Gasteiger partial charge is 0.422 e. The summed E-state index contributed by atoms with van der Waals surface area (Å²) in [5.74, 6) is 0.374. The van der Waals surface area contributed by atoms with Gasteiger partial charge in [0.2, 0.25) is 0 Å². The van der Waals surface area contributed by atoms with Crippen LogP contribution >= 0.6 is 0 Å². The normalized spacial score (nSPS) is 27.8. The Morgan fingerprint density at radius 3 is 2.74 bits per heavy atom. The highest BCUT2D eigenvalue weighted by molar-refractivity contribution is 7.82. The monoisotopic (exact) mass is 279 g/mol. The molecule has 3 rings (SSSR count). The molecule has 2 fully saturated rings. The quantitative estimate of drug-likeness (QED) is 0.854. The highest BCUT2D eigenvalue weighted by atomic mass is 32.2. The van der Waals surface area contributed by atoms with Crippen LogP contribution in [0, 0.1) is 0 Å². The molecule has 0 radical (unpaired) electrons. The summed E-state index contributed by atoms with van der Waals surface area (Å²) < 4.78 is 19.2. The SMILES string of the molecule is O=C1O[C@@H]2CCCC[C@H]2N1S(=O)Cc1ccccc1. The molecule has 1 unspecified atom stereocenters. The van der Waals surface area contributed by atoms with Crippen molar-refractivity contribution in [3.63, 3.8) is 0 Å². The number of rotatable bonds is 3. The predicted molar refractivity (Wildman–Crippen MR) is 72.7 cm³/mol. The van der Waals surface area contributed by atoms with E-state index < -0.39 is 17.1 Å². The molecule has 1 amide bonds. The van der Waals surface area contributed by atoms with Crippen LogP contribution in [0.4, 0.5) is 4.79 Å². The van der Waals surface area contributed by atoms with Gasteiger partial charge in [0.05, 0.1) is 11.8 Å². The van der Waals surface area contributed by atoms with Gasteiger partial charge < -0.3 is 4.74 Å². The lowest BCUT2D eigenvalue weighted by Crippen LogP contribution is -2.40. The molecule has 5 heteroatoms. The Morgan fingerprint density at radius 2 is 1.95 bits per heavy atom. The van der Waals surface area contributed by atoms with Crippen molar-refractivity contribution in [1.82, 2.24) is 4.31 Å². The Hall–Kier alpha value is -1.36. The van der Waals surface area contributed by atoms with Crippen LogP contribution in [0.15, 0.2) is 30.3 Å². The second kappa shape index (κ2) is 5.33. The fourth-order valence-electron chi connectivity index (χ4n) is 2.82. The van der Waals surface area contributed by atoms with E-state index in [2.05, 4.69) is 0 Å². The molecular weight excluding hydrogens is 262 g/mol. The van der Waals surface area contributed by atoms with Gasteiger partial charge >= 0.3 is 6.09 Å². The van der Waals surface area contributed by atoms with E-state index in [9.17, 15) is 9.00 Å². The lowest BCUT2D eigenvalue weighted by atomic mass is 9.93.